The van der Waals surface area contributed by atoms with E-state index in [0.29, 0.717) is 0 Å². The molecule has 1 rings (SSSR count). The summed E-state index contributed by atoms with van der Waals surface area (Å²) in [5.41, 5.74) is 0. The van der Waals surface area contributed by atoms with E-state index in [1.54, 1.807) is 23.5 Å². The van der Waals surface area contributed by atoms with E-state index in [1.165, 1.54) is 0 Å². The van der Waals surface area contributed by atoms with Crippen LogP contribution in [0, 0.1) is 0 Å². The van der Waals surface area contributed by atoms with Gasteiger partial charge in [-0.3, -0.25) is 0 Å². The van der Waals surface area contributed by atoms with Gasteiger partial charge in [-0.2, -0.15) is 0 Å². The van der Waals surface area contributed by atoms with Crippen LogP contribution in [0.2, 0.25) is 0 Å². The highest BCUT2D eigenvalue weighted by atomic mass is 32.2. The number of rotatable bonds is 4. The van der Waals surface area contributed by atoms with E-state index in [9.17, 15) is 0 Å². The van der Waals surface area contributed by atoms with Crippen LogP contribution >= 0.6 is 23.5 Å². The molecule has 0 bridgehead atoms. The Balaban J connectivity index is 2.58. The fourth-order valence-electron chi connectivity index (χ4n) is 0.638. The molecule has 0 saturated heterocycles. The van der Waals surface area contributed by atoms with Crippen molar-refractivity contribution in [1.29, 1.82) is 0 Å². The lowest BCUT2D eigenvalue weighted by Gasteiger charge is -1.96. The fourth-order valence-corrected chi connectivity index (χ4v) is 1.52. The van der Waals surface area contributed by atoms with Crippen molar-refractivity contribution in [2.45, 2.75) is 10.1 Å². The fraction of sp³-hybridized carbons (Fsp3) is 0.250. The zero-order valence-electron chi connectivity index (χ0n) is 6.86. The van der Waals surface area contributed by atoms with Crippen LogP contribution in [-0.2, 0) is 0 Å². The first-order valence-corrected chi connectivity index (χ1v) is 5.69. The van der Waals surface area contributed by atoms with Crippen molar-refractivity contribution in [2.24, 2.45) is 0 Å². The summed E-state index contributed by atoms with van der Waals surface area (Å²) in [6.07, 6.45) is 3.84. The monoisotopic (exact) mass is 198 g/mol. The Hall–Kier alpha value is -0.480. The predicted octanol–water partition coefficient (Wildman–Crippen LogP) is 2.48. The lowest BCUT2D eigenvalue weighted by Crippen LogP contribution is -1.86. The van der Waals surface area contributed by atoms with Crippen molar-refractivity contribution < 1.29 is 0 Å². The predicted molar refractivity (Wildman–Crippen MR) is 54.7 cm³/mol. The molecule has 0 fully saturated rings. The Bertz CT molecular complexity index is 246. The van der Waals surface area contributed by atoms with Gasteiger partial charge in [-0.15, -0.1) is 40.3 Å². The third kappa shape index (κ3) is 2.87. The van der Waals surface area contributed by atoms with Gasteiger partial charge in [-0.05, 0) is 18.4 Å². The van der Waals surface area contributed by atoms with Gasteiger partial charge in [0, 0.05) is 5.75 Å². The molecule has 1 heterocycles. The average molecular weight is 198 g/mol. The van der Waals surface area contributed by atoms with E-state index in [2.05, 4.69) is 16.8 Å². The normalized spacial score (nSPS) is 9.75. The summed E-state index contributed by atoms with van der Waals surface area (Å²) in [6, 6.07) is 3.95. The summed E-state index contributed by atoms with van der Waals surface area (Å²) in [7, 11) is 0. The molecule has 12 heavy (non-hydrogen) atoms. The zero-order chi connectivity index (χ0) is 8.81. The molecule has 0 unspecified atom stereocenters. The zero-order valence-corrected chi connectivity index (χ0v) is 8.49. The van der Waals surface area contributed by atoms with Crippen LogP contribution in [0.25, 0.3) is 0 Å². The van der Waals surface area contributed by atoms with E-state index in [1.807, 2.05) is 24.5 Å². The van der Waals surface area contributed by atoms with Gasteiger partial charge in [0.1, 0.15) is 10.1 Å². The number of nitrogens with zero attached hydrogens (tertiary/aromatic N) is 2. The van der Waals surface area contributed by atoms with Crippen molar-refractivity contribution >= 4 is 23.5 Å². The van der Waals surface area contributed by atoms with Crippen molar-refractivity contribution in [3.63, 3.8) is 0 Å². The molecule has 0 aromatic carbocycles. The van der Waals surface area contributed by atoms with Gasteiger partial charge in [0.05, 0.1) is 0 Å². The van der Waals surface area contributed by atoms with Gasteiger partial charge >= 0.3 is 0 Å². The summed E-state index contributed by atoms with van der Waals surface area (Å²) in [5.74, 6) is 0.882. The quantitative estimate of drug-likeness (QED) is 0.548. The molecule has 0 saturated carbocycles. The highest BCUT2D eigenvalue weighted by Crippen LogP contribution is 2.16. The van der Waals surface area contributed by atoms with E-state index < -0.39 is 0 Å². The minimum absolute atomic E-state index is 0.882. The number of hydrogen-bond donors (Lipinski definition) is 0. The van der Waals surface area contributed by atoms with Crippen LogP contribution in [0.5, 0.6) is 0 Å². The molecule has 0 N–H and O–H groups in total. The summed E-state index contributed by atoms with van der Waals surface area (Å²) in [4.78, 5) is 0. The standard InChI is InChI=1S/C8H10N2S2/c1-3-6-12-8-5-4-7(11-2)9-10-8/h3-5H,1,6H2,2H3. The maximum atomic E-state index is 4.03. The molecule has 1 aromatic rings. The van der Waals surface area contributed by atoms with Crippen LogP contribution in [0.15, 0.2) is 34.8 Å². The SMILES string of the molecule is C=CCSc1ccc(SC)nn1. The average Bonchev–Trinajstić information content (AvgIpc) is 2.15. The van der Waals surface area contributed by atoms with Gasteiger partial charge in [-0.1, -0.05) is 6.08 Å². The first kappa shape index (κ1) is 9.61. The molecule has 0 atom stereocenters. The van der Waals surface area contributed by atoms with Gasteiger partial charge in [-0.25, -0.2) is 0 Å². The smallest absolute Gasteiger partial charge is 0.119 e. The molecule has 0 amide bonds. The second kappa shape index (κ2) is 5.22. The molecule has 1 aromatic heterocycles. The molecule has 4 heteroatoms. The summed E-state index contributed by atoms with van der Waals surface area (Å²) in [6.45, 7) is 3.64. The van der Waals surface area contributed by atoms with Crippen molar-refractivity contribution in [3.05, 3.63) is 24.8 Å². The number of aromatic nitrogens is 2. The van der Waals surface area contributed by atoms with E-state index >= 15 is 0 Å². The maximum absolute atomic E-state index is 4.03. The molecular formula is C8H10N2S2. The van der Waals surface area contributed by atoms with Gasteiger partial charge in [0.25, 0.3) is 0 Å². The molecule has 64 valence electrons. The lowest BCUT2D eigenvalue weighted by atomic mass is 10.6. The third-order valence-electron chi connectivity index (χ3n) is 1.17. The highest BCUT2D eigenvalue weighted by molar-refractivity contribution is 7.99. The Morgan fingerprint density at radius 2 is 2.08 bits per heavy atom. The van der Waals surface area contributed by atoms with Gasteiger partial charge in [0.15, 0.2) is 0 Å². The van der Waals surface area contributed by atoms with Gasteiger partial charge < -0.3 is 0 Å². The van der Waals surface area contributed by atoms with Crippen LogP contribution in [0.3, 0.4) is 0 Å². The Morgan fingerprint density at radius 3 is 2.58 bits per heavy atom. The second-order valence-corrected chi connectivity index (χ2v) is 3.88. The molecule has 0 radical (unpaired) electrons. The van der Waals surface area contributed by atoms with Crippen molar-refractivity contribution in [3.8, 4) is 0 Å². The highest BCUT2D eigenvalue weighted by Gasteiger charge is 1.95. The van der Waals surface area contributed by atoms with Crippen molar-refractivity contribution in [2.75, 3.05) is 12.0 Å². The largest absolute Gasteiger partial charge is 0.143 e. The Labute approximate surface area is 80.9 Å². The van der Waals surface area contributed by atoms with Crippen molar-refractivity contribution in [1.82, 2.24) is 10.2 Å². The van der Waals surface area contributed by atoms with Crippen LogP contribution in [0.1, 0.15) is 0 Å². The Kier molecular flexibility index (Phi) is 4.18. The second-order valence-electron chi connectivity index (χ2n) is 2.01. The molecule has 2 nitrogen and oxygen atoms in total. The number of hydrogen-bond acceptors (Lipinski definition) is 4. The molecule has 0 aliphatic rings. The first-order chi connectivity index (χ1) is 5.86. The van der Waals surface area contributed by atoms with Crippen LogP contribution < -0.4 is 0 Å². The van der Waals surface area contributed by atoms with Crippen LogP contribution in [-0.4, -0.2) is 22.2 Å². The first-order valence-electron chi connectivity index (χ1n) is 3.48. The Morgan fingerprint density at radius 1 is 1.42 bits per heavy atom. The summed E-state index contributed by atoms with van der Waals surface area (Å²) < 4.78 is 0. The van der Waals surface area contributed by atoms with E-state index in [0.717, 1.165) is 15.8 Å². The lowest BCUT2D eigenvalue weighted by molar-refractivity contribution is 0.856. The summed E-state index contributed by atoms with van der Waals surface area (Å²) in [5, 5.41) is 9.95. The van der Waals surface area contributed by atoms with Crippen LogP contribution in [0.4, 0.5) is 0 Å². The minimum atomic E-state index is 0.882. The number of thioether (sulfide) groups is 2. The summed E-state index contributed by atoms with van der Waals surface area (Å²) >= 11 is 3.24. The topological polar surface area (TPSA) is 25.8 Å². The maximum Gasteiger partial charge on any atom is 0.119 e. The molecule has 0 spiro atoms. The molecule has 0 aliphatic carbocycles. The molecular weight excluding hydrogens is 188 g/mol. The third-order valence-corrected chi connectivity index (χ3v) is 2.73. The van der Waals surface area contributed by atoms with E-state index in [4.69, 9.17) is 0 Å². The van der Waals surface area contributed by atoms with Gasteiger partial charge in [0.2, 0.25) is 0 Å². The minimum Gasteiger partial charge on any atom is -0.143 e. The molecule has 0 aliphatic heterocycles. The van der Waals surface area contributed by atoms with E-state index in [-0.39, 0.29) is 0 Å².